The van der Waals surface area contributed by atoms with Gasteiger partial charge in [0, 0.05) is 12.1 Å². The fourth-order valence-corrected chi connectivity index (χ4v) is 3.73. The molecule has 1 saturated heterocycles. The van der Waals surface area contributed by atoms with E-state index in [0.717, 1.165) is 38.0 Å². The summed E-state index contributed by atoms with van der Waals surface area (Å²) in [5.41, 5.74) is 2.43. The van der Waals surface area contributed by atoms with Gasteiger partial charge in [0.15, 0.2) is 0 Å². The molecule has 2 amide bonds. The lowest BCUT2D eigenvalue weighted by Gasteiger charge is -2.39. The van der Waals surface area contributed by atoms with E-state index in [1.54, 1.807) is 12.1 Å². The molecule has 1 fully saturated rings. The number of carbonyl (C=O) groups excluding carboxylic acids is 2. The second-order valence-corrected chi connectivity index (χ2v) is 7.86. The lowest BCUT2D eigenvalue weighted by molar-refractivity contribution is -0.127. The largest absolute Gasteiger partial charge is 0.324 e. The molecule has 3 rings (SSSR count). The third-order valence-corrected chi connectivity index (χ3v) is 5.48. The Morgan fingerprint density at radius 1 is 1.07 bits per heavy atom. The van der Waals surface area contributed by atoms with Gasteiger partial charge in [-0.2, -0.15) is 0 Å². The number of likely N-dealkylation sites (tertiary alicyclic amines) is 1. The van der Waals surface area contributed by atoms with Crippen molar-refractivity contribution in [3.63, 3.8) is 0 Å². The number of aryl methyl sites for hydroxylation is 1. The van der Waals surface area contributed by atoms with Gasteiger partial charge in [-0.15, -0.1) is 0 Å². The van der Waals surface area contributed by atoms with E-state index in [4.69, 9.17) is 0 Å². The second-order valence-electron chi connectivity index (χ2n) is 7.86. The van der Waals surface area contributed by atoms with Crippen LogP contribution in [-0.4, -0.2) is 36.3 Å². The number of hydrogen-bond acceptors (Lipinski definition) is 3. The molecule has 148 valence electrons. The molecule has 5 heteroatoms. The molecule has 0 saturated carbocycles. The molecule has 2 aromatic rings. The molecule has 0 spiro atoms. The van der Waals surface area contributed by atoms with Crippen molar-refractivity contribution in [3.05, 3.63) is 59.7 Å². The van der Waals surface area contributed by atoms with E-state index in [1.165, 1.54) is 0 Å². The Labute approximate surface area is 167 Å². The molecule has 2 N–H and O–H groups in total. The molecule has 28 heavy (non-hydrogen) atoms. The Hall–Kier alpha value is -2.66. The lowest BCUT2D eigenvalue weighted by Crippen LogP contribution is -2.48. The molecule has 1 atom stereocenters. The van der Waals surface area contributed by atoms with E-state index in [0.29, 0.717) is 16.9 Å². The maximum Gasteiger partial charge on any atom is 0.255 e. The molecule has 0 aromatic heterocycles. The molecule has 0 aliphatic carbocycles. The van der Waals surface area contributed by atoms with Gasteiger partial charge in [-0.25, -0.2) is 0 Å². The molecule has 5 nitrogen and oxygen atoms in total. The van der Waals surface area contributed by atoms with Crippen LogP contribution < -0.4 is 10.6 Å². The molecule has 1 heterocycles. The summed E-state index contributed by atoms with van der Waals surface area (Å²) < 4.78 is 0. The number of carbonyl (C=O) groups is 2. The molecule has 1 aliphatic rings. The monoisotopic (exact) mass is 379 g/mol. The van der Waals surface area contributed by atoms with Crippen LogP contribution in [0, 0.1) is 12.3 Å². The zero-order valence-corrected chi connectivity index (χ0v) is 16.9. The zero-order valence-electron chi connectivity index (χ0n) is 16.9. The van der Waals surface area contributed by atoms with Crippen molar-refractivity contribution >= 4 is 23.2 Å². The summed E-state index contributed by atoms with van der Waals surface area (Å²) in [6.45, 7) is 8.88. The van der Waals surface area contributed by atoms with Crippen LogP contribution in [0.2, 0.25) is 0 Å². The Kier molecular flexibility index (Phi) is 6.15. The van der Waals surface area contributed by atoms with Gasteiger partial charge in [0.25, 0.3) is 5.91 Å². The van der Waals surface area contributed by atoms with E-state index in [2.05, 4.69) is 22.5 Å². The van der Waals surface area contributed by atoms with Crippen molar-refractivity contribution < 1.29 is 9.59 Å². The maximum atomic E-state index is 13.1. The molecule has 1 aliphatic heterocycles. The molecular weight excluding hydrogens is 350 g/mol. The van der Waals surface area contributed by atoms with Crippen molar-refractivity contribution in [2.45, 2.75) is 33.6 Å². The number of rotatable bonds is 5. The number of nitrogens with zero attached hydrogens (tertiary/aromatic N) is 1. The topological polar surface area (TPSA) is 61.4 Å². The van der Waals surface area contributed by atoms with Crippen molar-refractivity contribution in [1.82, 2.24) is 4.90 Å². The fraction of sp³-hybridized carbons (Fsp3) is 0.391. The van der Waals surface area contributed by atoms with Crippen LogP contribution in [0.4, 0.5) is 11.4 Å². The van der Waals surface area contributed by atoms with Gasteiger partial charge < -0.3 is 15.5 Å². The molecule has 0 radical (unpaired) electrons. The number of hydrogen-bond donors (Lipinski definition) is 2. The standard InChI is InChI=1S/C23H29N3O2/c1-4-26-14-8-13-23(3,16-26)22(28)25-20-15-17(2)11-12-19(20)24-21(27)18-9-6-5-7-10-18/h5-7,9-12,15H,4,8,13-14,16H2,1-3H3,(H,24,27)(H,25,28). The fourth-order valence-electron chi connectivity index (χ4n) is 3.73. The van der Waals surface area contributed by atoms with Crippen LogP contribution in [-0.2, 0) is 4.79 Å². The summed E-state index contributed by atoms with van der Waals surface area (Å²) in [5, 5.41) is 6.01. The summed E-state index contributed by atoms with van der Waals surface area (Å²) in [6, 6.07) is 14.7. The number of nitrogens with one attached hydrogen (secondary N) is 2. The zero-order chi connectivity index (χ0) is 20.1. The Bertz CT molecular complexity index is 850. The van der Waals surface area contributed by atoms with Crippen LogP contribution in [0.5, 0.6) is 0 Å². The van der Waals surface area contributed by atoms with Gasteiger partial charge in [0.1, 0.15) is 0 Å². The molecule has 0 bridgehead atoms. The van der Waals surface area contributed by atoms with Gasteiger partial charge in [0.2, 0.25) is 5.91 Å². The highest BCUT2D eigenvalue weighted by atomic mass is 16.2. The minimum atomic E-state index is -0.432. The van der Waals surface area contributed by atoms with Gasteiger partial charge in [-0.3, -0.25) is 9.59 Å². The summed E-state index contributed by atoms with van der Waals surface area (Å²) in [6.07, 6.45) is 1.88. The normalized spacial score (nSPS) is 19.8. The average Bonchev–Trinajstić information content (AvgIpc) is 2.70. The Morgan fingerprint density at radius 2 is 1.82 bits per heavy atom. The molecular formula is C23H29N3O2. The second kappa shape index (κ2) is 8.57. The lowest BCUT2D eigenvalue weighted by atomic mass is 9.81. The third-order valence-electron chi connectivity index (χ3n) is 5.48. The van der Waals surface area contributed by atoms with Crippen LogP contribution in [0.15, 0.2) is 48.5 Å². The highest BCUT2D eigenvalue weighted by Crippen LogP contribution is 2.32. The number of anilines is 2. The quantitative estimate of drug-likeness (QED) is 0.814. The highest BCUT2D eigenvalue weighted by molar-refractivity contribution is 6.07. The predicted molar refractivity (Wildman–Crippen MR) is 114 cm³/mol. The number of amides is 2. The average molecular weight is 380 g/mol. The summed E-state index contributed by atoms with van der Waals surface area (Å²) in [4.78, 5) is 28.0. The first-order chi connectivity index (χ1) is 13.4. The van der Waals surface area contributed by atoms with Crippen LogP contribution in [0.3, 0.4) is 0 Å². The van der Waals surface area contributed by atoms with Gasteiger partial charge in [-0.05, 0) is 69.6 Å². The van der Waals surface area contributed by atoms with E-state index in [-0.39, 0.29) is 11.8 Å². The summed E-state index contributed by atoms with van der Waals surface area (Å²) in [7, 11) is 0. The van der Waals surface area contributed by atoms with Crippen molar-refractivity contribution in [2.75, 3.05) is 30.3 Å². The van der Waals surface area contributed by atoms with Crippen LogP contribution in [0.25, 0.3) is 0 Å². The smallest absolute Gasteiger partial charge is 0.255 e. The predicted octanol–water partition coefficient (Wildman–Crippen LogP) is 4.31. The van der Waals surface area contributed by atoms with Crippen LogP contribution >= 0.6 is 0 Å². The first-order valence-corrected chi connectivity index (χ1v) is 9.92. The van der Waals surface area contributed by atoms with Gasteiger partial charge in [0.05, 0.1) is 16.8 Å². The van der Waals surface area contributed by atoms with Gasteiger partial charge in [-0.1, -0.05) is 31.2 Å². The van der Waals surface area contributed by atoms with Gasteiger partial charge >= 0.3 is 0 Å². The van der Waals surface area contributed by atoms with Crippen LogP contribution in [0.1, 0.15) is 42.6 Å². The van der Waals surface area contributed by atoms with Crippen molar-refractivity contribution in [1.29, 1.82) is 0 Å². The first kappa shape index (κ1) is 20.1. The number of piperidine rings is 1. The van der Waals surface area contributed by atoms with E-state index in [9.17, 15) is 9.59 Å². The summed E-state index contributed by atoms with van der Waals surface area (Å²) in [5.74, 6) is -0.188. The van der Waals surface area contributed by atoms with E-state index < -0.39 is 5.41 Å². The summed E-state index contributed by atoms with van der Waals surface area (Å²) >= 11 is 0. The van der Waals surface area contributed by atoms with Crippen molar-refractivity contribution in [3.8, 4) is 0 Å². The first-order valence-electron chi connectivity index (χ1n) is 9.92. The minimum absolute atomic E-state index is 0.00598. The third kappa shape index (κ3) is 4.60. The highest BCUT2D eigenvalue weighted by Gasteiger charge is 2.37. The minimum Gasteiger partial charge on any atom is -0.324 e. The Balaban J connectivity index is 1.79. The Morgan fingerprint density at radius 3 is 2.54 bits per heavy atom. The maximum absolute atomic E-state index is 13.1. The van der Waals surface area contributed by atoms with E-state index >= 15 is 0 Å². The van der Waals surface area contributed by atoms with Crippen molar-refractivity contribution in [2.24, 2.45) is 5.41 Å². The van der Waals surface area contributed by atoms with E-state index in [1.807, 2.05) is 50.2 Å². The molecule has 2 aromatic carbocycles. The number of benzene rings is 2. The SMILES string of the molecule is CCN1CCCC(C)(C(=O)Nc2cc(C)ccc2NC(=O)c2ccccc2)C1. The molecule has 1 unspecified atom stereocenters.